The van der Waals surface area contributed by atoms with Gasteiger partial charge in [0.2, 0.25) is 0 Å². The van der Waals surface area contributed by atoms with Crippen molar-refractivity contribution in [3.05, 3.63) is 29.8 Å². The lowest BCUT2D eigenvalue weighted by Gasteiger charge is -2.15. The second-order valence-electron chi connectivity index (χ2n) is 4.50. The third-order valence-corrected chi connectivity index (χ3v) is 2.69. The summed E-state index contributed by atoms with van der Waals surface area (Å²) in [6.07, 6.45) is 2.06. The van der Waals surface area contributed by atoms with E-state index in [1.165, 1.54) is 4.90 Å². The van der Waals surface area contributed by atoms with Crippen LogP contribution in [0.15, 0.2) is 34.2 Å². The van der Waals surface area contributed by atoms with Crippen molar-refractivity contribution in [1.29, 1.82) is 0 Å². The highest BCUT2D eigenvalue weighted by molar-refractivity contribution is 7.98. The average Bonchev–Trinajstić information content (AvgIpc) is 2.25. The first-order valence-electron chi connectivity index (χ1n) is 5.17. The minimum absolute atomic E-state index is 0.139. The van der Waals surface area contributed by atoms with Crippen LogP contribution in [0.3, 0.4) is 0 Å². The first-order chi connectivity index (χ1) is 7.46. The van der Waals surface area contributed by atoms with Crippen LogP contribution in [0.2, 0.25) is 0 Å². The van der Waals surface area contributed by atoms with Crippen LogP contribution in [0.4, 0.5) is 0 Å². The van der Waals surface area contributed by atoms with Crippen LogP contribution in [0.5, 0.6) is 0 Å². The van der Waals surface area contributed by atoms with Gasteiger partial charge in [0.15, 0.2) is 0 Å². The number of amidine groups is 1. The Balaban J connectivity index is 3.00. The zero-order valence-corrected chi connectivity index (χ0v) is 11.1. The summed E-state index contributed by atoms with van der Waals surface area (Å²) < 4.78 is 0. The molecule has 0 radical (unpaired) electrons. The third-order valence-electron chi connectivity index (χ3n) is 1.95. The standard InChI is InChI=1S/C12H19N3S/c1-12(2,3)14-11(15-13)9-5-7-10(16-4)8-6-9/h5-8H,13H2,1-4H3,(H,14,15). The monoisotopic (exact) mass is 237 g/mol. The van der Waals surface area contributed by atoms with Crippen LogP contribution in [-0.2, 0) is 0 Å². The number of hydrazine groups is 1. The SMILES string of the molecule is CSc1ccc(C(=NC(C)(C)C)NN)cc1. The predicted octanol–water partition coefficient (Wildman–Crippen LogP) is 2.42. The van der Waals surface area contributed by atoms with Gasteiger partial charge in [-0.05, 0) is 39.2 Å². The van der Waals surface area contributed by atoms with Crippen molar-refractivity contribution in [3.8, 4) is 0 Å². The summed E-state index contributed by atoms with van der Waals surface area (Å²) in [5.41, 5.74) is 3.53. The Labute approximate surface area is 101 Å². The molecule has 0 unspecified atom stereocenters. The molecule has 0 aliphatic carbocycles. The summed E-state index contributed by atoms with van der Waals surface area (Å²) in [5, 5.41) is 0. The Morgan fingerprint density at radius 2 is 1.81 bits per heavy atom. The Hall–Kier alpha value is -1.00. The Kier molecular flexibility index (Phi) is 4.38. The van der Waals surface area contributed by atoms with E-state index in [1.54, 1.807) is 11.8 Å². The van der Waals surface area contributed by atoms with E-state index in [1.807, 2.05) is 32.9 Å². The smallest absolute Gasteiger partial charge is 0.143 e. The molecule has 0 aliphatic heterocycles. The molecule has 0 aromatic heterocycles. The van der Waals surface area contributed by atoms with Gasteiger partial charge < -0.3 is 5.43 Å². The van der Waals surface area contributed by atoms with Crippen molar-refractivity contribution in [2.75, 3.05) is 6.26 Å². The molecule has 0 saturated carbocycles. The number of rotatable bonds is 2. The molecule has 1 aromatic carbocycles. The van der Waals surface area contributed by atoms with E-state index in [9.17, 15) is 0 Å². The number of hydrogen-bond acceptors (Lipinski definition) is 3. The Bertz CT molecular complexity index is 363. The van der Waals surface area contributed by atoms with Crippen molar-refractivity contribution < 1.29 is 0 Å². The summed E-state index contributed by atoms with van der Waals surface area (Å²) in [6.45, 7) is 6.13. The summed E-state index contributed by atoms with van der Waals surface area (Å²) in [7, 11) is 0. The average molecular weight is 237 g/mol. The molecule has 0 spiro atoms. The van der Waals surface area contributed by atoms with Gasteiger partial charge in [-0.1, -0.05) is 12.1 Å². The van der Waals surface area contributed by atoms with Crippen molar-refractivity contribution in [3.63, 3.8) is 0 Å². The van der Waals surface area contributed by atoms with Gasteiger partial charge in [-0.3, -0.25) is 4.99 Å². The Morgan fingerprint density at radius 1 is 1.25 bits per heavy atom. The molecule has 0 fully saturated rings. The fourth-order valence-electron chi connectivity index (χ4n) is 1.26. The zero-order chi connectivity index (χ0) is 12.2. The van der Waals surface area contributed by atoms with Crippen LogP contribution in [-0.4, -0.2) is 17.6 Å². The lowest BCUT2D eigenvalue weighted by atomic mass is 10.1. The van der Waals surface area contributed by atoms with Crippen molar-refractivity contribution in [2.24, 2.45) is 10.8 Å². The molecule has 3 nitrogen and oxygen atoms in total. The first-order valence-corrected chi connectivity index (χ1v) is 6.39. The number of aliphatic imine (C=N–C) groups is 1. The lowest BCUT2D eigenvalue weighted by molar-refractivity contribution is 0.580. The Morgan fingerprint density at radius 3 is 2.19 bits per heavy atom. The highest BCUT2D eigenvalue weighted by atomic mass is 32.2. The molecule has 88 valence electrons. The molecule has 16 heavy (non-hydrogen) atoms. The number of nitrogens with one attached hydrogen (secondary N) is 1. The lowest BCUT2D eigenvalue weighted by Crippen LogP contribution is -2.33. The van der Waals surface area contributed by atoms with Gasteiger partial charge in [-0.2, -0.15) is 0 Å². The van der Waals surface area contributed by atoms with Crippen LogP contribution in [0.1, 0.15) is 26.3 Å². The minimum atomic E-state index is -0.139. The number of benzene rings is 1. The zero-order valence-electron chi connectivity index (χ0n) is 10.2. The van der Waals surface area contributed by atoms with Gasteiger partial charge >= 0.3 is 0 Å². The first kappa shape index (κ1) is 13.1. The molecule has 0 heterocycles. The number of nitrogens with zero attached hydrogens (tertiary/aromatic N) is 1. The minimum Gasteiger partial charge on any atom is -0.308 e. The number of hydrogen-bond donors (Lipinski definition) is 2. The molecule has 0 bridgehead atoms. The predicted molar refractivity (Wildman–Crippen MR) is 71.8 cm³/mol. The second-order valence-corrected chi connectivity index (χ2v) is 5.38. The number of nitrogens with two attached hydrogens (primary N) is 1. The van der Waals surface area contributed by atoms with Crippen LogP contribution >= 0.6 is 11.8 Å². The van der Waals surface area contributed by atoms with E-state index in [2.05, 4.69) is 28.8 Å². The van der Waals surface area contributed by atoms with Gasteiger partial charge in [0.05, 0.1) is 5.54 Å². The van der Waals surface area contributed by atoms with Gasteiger partial charge in [0.25, 0.3) is 0 Å². The van der Waals surface area contributed by atoms with Gasteiger partial charge in [0.1, 0.15) is 5.84 Å². The van der Waals surface area contributed by atoms with E-state index in [-0.39, 0.29) is 5.54 Å². The van der Waals surface area contributed by atoms with E-state index >= 15 is 0 Å². The molecule has 0 saturated heterocycles. The normalized spacial score (nSPS) is 12.7. The molecule has 0 atom stereocenters. The number of thioether (sulfide) groups is 1. The second kappa shape index (κ2) is 5.37. The fraction of sp³-hybridized carbons (Fsp3) is 0.417. The highest BCUT2D eigenvalue weighted by Gasteiger charge is 2.10. The van der Waals surface area contributed by atoms with Crippen molar-refractivity contribution >= 4 is 17.6 Å². The molecule has 0 amide bonds. The molecule has 4 heteroatoms. The highest BCUT2D eigenvalue weighted by Crippen LogP contribution is 2.16. The van der Waals surface area contributed by atoms with E-state index in [0.29, 0.717) is 0 Å². The molecular weight excluding hydrogens is 218 g/mol. The summed E-state index contributed by atoms with van der Waals surface area (Å²) in [5.74, 6) is 6.22. The molecule has 3 N–H and O–H groups in total. The van der Waals surface area contributed by atoms with Gasteiger partial charge in [0, 0.05) is 10.5 Å². The summed E-state index contributed by atoms with van der Waals surface area (Å²) in [6, 6.07) is 8.18. The maximum absolute atomic E-state index is 5.50. The summed E-state index contributed by atoms with van der Waals surface area (Å²) >= 11 is 1.72. The van der Waals surface area contributed by atoms with Crippen molar-refractivity contribution in [1.82, 2.24) is 5.43 Å². The summed E-state index contributed by atoms with van der Waals surface area (Å²) in [4.78, 5) is 5.76. The maximum Gasteiger partial charge on any atom is 0.143 e. The largest absolute Gasteiger partial charge is 0.308 e. The van der Waals surface area contributed by atoms with Gasteiger partial charge in [-0.25, -0.2) is 5.84 Å². The quantitative estimate of drug-likeness (QED) is 0.273. The third kappa shape index (κ3) is 3.87. The van der Waals surface area contributed by atoms with Crippen molar-refractivity contribution in [2.45, 2.75) is 31.2 Å². The van der Waals surface area contributed by atoms with E-state index < -0.39 is 0 Å². The molecule has 1 aromatic rings. The molecular formula is C12H19N3S. The molecule has 1 rings (SSSR count). The topological polar surface area (TPSA) is 50.4 Å². The van der Waals surface area contributed by atoms with E-state index in [4.69, 9.17) is 5.84 Å². The van der Waals surface area contributed by atoms with Crippen LogP contribution in [0, 0.1) is 0 Å². The van der Waals surface area contributed by atoms with Crippen LogP contribution in [0.25, 0.3) is 0 Å². The van der Waals surface area contributed by atoms with Crippen LogP contribution < -0.4 is 11.3 Å². The maximum atomic E-state index is 5.50. The fourth-order valence-corrected chi connectivity index (χ4v) is 1.67. The van der Waals surface area contributed by atoms with Gasteiger partial charge in [-0.15, -0.1) is 11.8 Å². The van der Waals surface area contributed by atoms with E-state index in [0.717, 1.165) is 11.4 Å². The molecule has 0 aliphatic rings.